The lowest BCUT2D eigenvalue weighted by Gasteiger charge is -2.27. The van der Waals surface area contributed by atoms with Crippen molar-refractivity contribution < 1.29 is 13.9 Å². The third-order valence-corrected chi connectivity index (χ3v) is 3.21. The summed E-state index contributed by atoms with van der Waals surface area (Å²) in [6.45, 7) is 3.99. The summed E-state index contributed by atoms with van der Waals surface area (Å²) in [5.74, 6) is -0.443. The minimum Gasteiger partial charge on any atom is -0.461 e. The second-order valence-corrected chi connectivity index (χ2v) is 4.76. The minimum atomic E-state index is -0.443. The highest BCUT2D eigenvalue weighted by Crippen LogP contribution is 2.15. The van der Waals surface area contributed by atoms with Crippen molar-refractivity contribution in [3.05, 3.63) is 12.0 Å². The summed E-state index contributed by atoms with van der Waals surface area (Å²) < 4.78 is 10.2. The van der Waals surface area contributed by atoms with Crippen molar-refractivity contribution >= 4 is 12.0 Å². The largest absolute Gasteiger partial charge is 0.461 e. The second-order valence-electron chi connectivity index (χ2n) is 4.76. The van der Waals surface area contributed by atoms with Crippen molar-refractivity contribution in [2.24, 2.45) is 0 Å². The molecule has 1 N–H and O–H groups in total. The van der Waals surface area contributed by atoms with Crippen LogP contribution < -0.4 is 10.2 Å². The molecule has 6 nitrogen and oxygen atoms in total. The molecule has 0 amide bonds. The van der Waals surface area contributed by atoms with Crippen molar-refractivity contribution in [3.8, 4) is 0 Å². The molecule has 1 atom stereocenters. The molecular formula is C13H21N3O3. The van der Waals surface area contributed by atoms with Crippen LogP contribution in [-0.2, 0) is 4.74 Å². The fraction of sp³-hybridized carbons (Fsp3) is 0.692. The summed E-state index contributed by atoms with van der Waals surface area (Å²) in [5.41, 5.74) is 0.223. The van der Waals surface area contributed by atoms with E-state index in [4.69, 9.17) is 9.15 Å². The average Bonchev–Trinajstić information content (AvgIpc) is 2.90. The maximum atomic E-state index is 11.5. The van der Waals surface area contributed by atoms with Gasteiger partial charge in [0.1, 0.15) is 6.26 Å². The summed E-state index contributed by atoms with van der Waals surface area (Å²) in [5, 5.41) is 3.47. The highest BCUT2D eigenvalue weighted by Gasteiger charge is 2.19. The number of likely N-dealkylation sites (N-methyl/N-ethyl adjacent to an activating group) is 1. The highest BCUT2D eigenvalue weighted by molar-refractivity contribution is 5.87. The summed E-state index contributed by atoms with van der Waals surface area (Å²) in [6, 6.07) is 0.909. The number of carbonyl (C=O) groups is 1. The van der Waals surface area contributed by atoms with Crippen LogP contribution in [-0.4, -0.2) is 43.7 Å². The molecule has 1 aromatic heterocycles. The lowest BCUT2D eigenvalue weighted by Crippen LogP contribution is -2.42. The monoisotopic (exact) mass is 267 g/mol. The number of aromatic nitrogens is 1. The SMILES string of the molecule is CCOC(=O)c1coc(N(C)CC2CCCCN2)n1. The first-order valence-corrected chi connectivity index (χ1v) is 6.78. The molecule has 1 saturated heterocycles. The van der Waals surface area contributed by atoms with Crippen LogP contribution in [0, 0.1) is 0 Å². The van der Waals surface area contributed by atoms with Gasteiger partial charge in [-0.05, 0) is 26.3 Å². The predicted octanol–water partition coefficient (Wildman–Crippen LogP) is 1.43. The Balaban J connectivity index is 1.91. The van der Waals surface area contributed by atoms with Crippen molar-refractivity contribution in [3.63, 3.8) is 0 Å². The van der Waals surface area contributed by atoms with E-state index in [0.29, 0.717) is 18.7 Å². The molecule has 1 unspecified atom stereocenters. The number of carbonyl (C=O) groups excluding carboxylic acids is 1. The molecule has 2 rings (SSSR count). The molecule has 0 aliphatic carbocycles. The lowest BCUT2D eigenvalue weighted by molar-refractivity contribution is 0.0519. The molecule has 1 aromatic rings. The molecule has 0 bridgehead atoms. The Morgan fingerprint density at radius 1 is 1.63 bits per heavy atom. The van der Waals surface area contributed by atoms with E-state index in [1.165, 1.54) is 19.1 Å². The Bertz CT molecular complexity index is 413. The van der Waals surface area contributed by atoms with Crippen molar-refractivity contribution in [2.75, 3.05) is 31.6 Å². The van der Waals surface area contributed by atoms with Crippen LogP contribution in [0.1, 0.15) is 36.7 Å². The first-order chi connectivity index (χ1) is 9.20. The molecule has 0 saturated carbocycles. The number of anilines is 1. The van der Waals surface area contributed by atoms with E-state index in [2.05, 4.69) is 10.3 Å². The third kappa shape index (κ3) is 3.70. The fourth-order valence-electron chi connectivity index (χ4n) is 2.23. The maximum Gasteiger partial charge on any atom is 0.360 e. The molecule has 0 radical (unpaired) electrons. The number of oxazole rings is 1. The zero-order valence-corrected chi connectivity index (χ0v) is 11.5. The minimum absolute atomic E-state index is 0.223. The van der Waals surface area contributed by atoms with Crippen LogP contribution in [0.5, 0.6) is 0 Å². The van der Waals surface area contributed by atoms with Gasteiger partial charge in [-0.25, -0.2) is 4.79 Å². The van der Waals surface area contributed by atoms with E-state index in [0.717, 1.165) is 19.5 Å². The van der Waals surface area contributed by atoms with Crippen LogP contribution in [0.3, 0.4) is 0 Å². The van der Waals surface area contributed by atoms with Crippen LogP contribution in [0.4, 0.5) is 6.01 Å². The first-order valence-electron chi connectivity index (χ1n) is 6.78. The number of hydrogen-bond acceptors (Lipinski definition) is 6. The summed E-state index contributed by atoms with van der Waals surface area (Å²) >= 11 is 0. The van der Waals surface area contributed by atoms with Crippen molar-refractivity contribution in [2.45, 2.75) is 32.2 Å². The summed E-state index contributed by atoms with van der Waals surface area (Å²) in [4.78, 5) is 17.6. The van der Waals surface area contributed by atoms with Crippen LogP contribution in [0.15, 0.2) is 10.7 Å². The number of esters is 1. The van der Waals surface area contributed by atoms with Crippen molar-refractivity contribution in [1.82, 2.24) is 10.3 Å². The first kappa shape index (κ1) is 13.9. The number of ether oxygens (including phenoxy) is 1. The Labute approximate surface area is 113 Å². The zero-order valence-electron chi connectivity index (χ0n) is 11.5. The summed E-state index contributed by atoms with van der Waals surface area (Å²) in [7, 11) is 1.91. The molecule has 6 heteroatoms. The maximum absolute atomic E-state index is 11.5. The summed E-state index contributed by atoms with van der Waals surface area (Å²) in [6.07, 6.45) is 5.01. The molecule has 2 heterocycles. The van der Waals surface area contributed by atoms with Gasteiger partial charge in [0.15, 0.2) is 5.69 Å². The second kappa shape index (κ2) is 6.56. The van der Waals surface area contributed by atoms with E-state index in [1.54, 1.807) is 6.92 Å². The predicted molar refractivity (Wildman–Crippen MR) is 71.4 cm³/mol. The van der Waals surface area contributed by atoms with Gasteiger partial charge in [-0.15, -0.1) is 0 Å². The van der Waals surface area contributed by atoms with Crippen LogP contribution in [0.2, 0.25) is 0 Å². The third-order valence-electron chi connectivity index (χ3n) is 3.21. The van der Waals surface area contributed by atoms with Crippen LogP contribution in [0.25, 0.3) is 0 Å². The quantitative estimate of drug-likeness (QED) is 0.814. The average molecular weight is 267 g/mol. The molecule has 0 spiro atoms. The molecular weight excluding hydrogens is 246 g/mol. The Morgan fingerprint density at radius 3 is 3.16 bits per heavy atom. The molecule has 1 aliphatic heterocycles. The topological polar surface area (TPSA) is 67.6 Å². The Hall–Kier alpha value is -1.56. The van der Waals surface area contributed by atoms with Gasteiger partial charge in [0.2, 0.25) is 0 Å². The van der Waals surface area contributed by atoms with Gasteiger partial charge in [-0.3, -0.25) is 0 Å². The number of rotatable bonds is 5. The lowest BCUT2D eigenvalue weighted by atomic mass is 10.1. The van der Waals surface area contributed by atoms with E-state index in [-0.39, 0.29) is 5.69 Å². The standard InChI is InChI=1S/C13H21N3O3/c1-3-18-12(17)11-9-19-13(15-11)16(2)8-10-6-4-5-7-14-10/h9-10,14H,3-8H2,1-2H3. The molecule has 19 heavy (non-hydrogen) atoms. The number of piperidine rings is 1. The van der Waals surface area contributed by atoms with E-state index in [9.17, 15) is 4.79 Å². The van der Waals surface area contributed by atoms with Gasteiger partial charge in [-0.1, -0.05) is 6.42 Å². The van der Waals surface area contributed by atoms with Gasteiger partial charge in [0.05, 0.1) is 6.61 Å². The van der Waals surface area contributed by atoms with Gasteiger partial charge in [0.25, 0.3) is 6.01 Å². The van der Waals surface area contributed by atoms with Gasteiger partial charge >= 0.3 is 5.97 Å². The number of nitrogens with zero attached hydrogens (tertiary/aromatic N) is 2. The molecule has 106 valence electrons. The smallest absolute Gasteiger partial charge is 0.360 e. The number of nitrogens with one attached hydrogen (secondary N) is 1. The van der Waals surface area contributed by atoms with Gasteiger partial charge in [-0.2, -0.15) is 4.98 Å². The zero-order chi connectivity index (χ0) is 13.7. The Morgan fingerprint density at radius 2 is 2.47 bits per heavy atom. The number of hydrogen-bond donors (Lipinski definition) is 1. The van der Waals surface area contributed by atoms with Gasteiger partial charge < -0.3 is 19.4 Å². The van der Waals surface area contributed by atoms with Crippen LogP contribution >= 0.6 is 0 Å². The molecule has 0 aromatic carbocycles. The van der Waals surface area contributed by atoms with E-state index in [1.807, 2.05) is 11.9 Å². The fourth-order valence-corrected chi connectivity index (χ4v) is 2.23. The molecule has 1 aliphatic rings. The normalized spacial score (nSPS) is 19.2. The van der Waals surface area contributed by atoms with Crippen molar-refractivity contribution in [1.29, 1.82) is 0 Å². The van der Waals surface area contributed by atoms with E-state index < -0.39 is 5.97 Å². The highest BCUT2D eigenvalue weighted by atomic mass is 16.5. The Kier molecular flexibility index (Phi) is 4.79. The van der Waals surface area contributed by atoms with Gasteiger partial charge in [0, 0.05) is 19.6 Å². The molecule has 1 fully saturated rings. The van der Waals surface area contributed by atoms with E-state index >= 15 is 0 Å².